The van der Waals surface area contributed by atoms with E-state index in [0.717, 1.165) is 18.0 Å². The Hall–Kier alpha value is -1.00. The van der Waals surface area contributed by atoms with Crippen LogP contribution in [0.5, 0.6) is 0 Å². The lowest BCUT2D eigenvalue weighted by Gasteiger charge is -2.29. The molecule has 92 valence electrons. The first-order valence-corrected chi connectivity index (χ1v) is 6.93. The number of hydrogen-bond donors (Lipinski definition) is 1. The summed E-state index contributed by atoms with van der Waals surface area (Å²) in [6.07, 6.45) is 0.537. The molecule has 2 N–H and O–H groups in total. The molecule has 0 spiro atoms. The summed E-state index contributed by atoms with van der Waals surface area (Å²) in [6, 6.07) is 8.10. The predicted molar refractivity (Wildman–Crippen MR) is 72.4 cm³/mol. The molecule has 1 aliphatic heterocycles. The van der Waals surface area contributed by atoms with Gasteiger partial charge in [0.1, 0.15) is 0 Å². The number of benzene rings is 1. The fourth-order valence-corrected chi connectivity index (χ4v) is 2.91. The van der Waals surface area contributed by atoms with E-state index in [2.05, 4.69) is 6.07 Å². The molecule has 17 heavy (non-hydrogen) atoms. The Morgan fingerprint density at radius 1 is 1.53 bits per heavy atom. The topological polar surface area (TPSA) is 46.3 Å². The zero-order valence-corrected chi connectivity index (χ0v) is 10.9. The second kappa shape index (κ2) is 5.56. The van der Waals surface area contributed by atoms with Crippen LogP contribution in [0.4, 0.5) is 5.69 Å². The molecule has 0 aromatic heterocycles. The lowest BCUT2D eigenvalue weighted by molar-refractivity contribution is -0.119. The molecule has 1 aromatic rings. The van der Waals surface area contributed by atoms with Gasteiger partial charge in [0.05, 0.1) is 5.69 Å². The normalized spacial score (nSPS) is 16.5. The Labute approximate surface area is 106 Å². The van der Waals surface area contributed by atoms with E-state index in [1.165, 1.54) is 4.90 Å². The summed E-state index contributed by atoms with van der Waals surface area (Å²) < 4.78 is 0. The molecule has 0 fully saturated rings. The predicted octanol–water partition coefficient (Wildman–Crippen LogP) is 2.11. The van der Waals surface area contributed by atoms with Crippen molar-refractivity contribution in [1.82, 2.24) is 0 Å². The molecule has 0 saturated carbocycles. The minimum Gasteiger partial charge on any atom is -0.330 e. The van der Waals surface area contributed by atoms with Crippen LogP contribution < -0.4 is 10.6 Å². The lowest BCUT2D eigenvalue weighted by Crippen LogP contribution is -2.36. The van der Waals surface area contributed by atoms with Gasteiger partial charge in [-0.2, -0.15) is 0 Å². The number of nitrogens with two attached hydrogens (primary N) is 1. The van der Waals surface area contributed by atoms with E-state index in [1.807, 2.05) is 41.8 Å². The molecule has 4 heteroatoms. The van der Waals surface area contributed by atoms with Crippen molar-refractivity contribution >= 4 is 23.4 Å². The number of fused-ring (bicyclic) bond motifs is 1. The third kappa shape index (κ3) is 2.82. The van der Waals surface area contributed by atoms with Gasteiger partial charge < -0.3 is 10.6 Å². The Morgan fingerprint density at radius 3 is 3.06 bits per heavy atom. The summed E-state index contributed by atoms with van der Waals surface area (Å²) in [5.74, 6) is 1.42. The first kappa shape index (κ1) is 12.5. The van der Waals surface area contributed by atoms with Crippen molar-refractivity contribution in [1.29, 1.82) is 0 Å². The zero-order chi connectivity index (χ0) is 12.3. The summed E-state index contributed by atoms with van der Waals surface area (Å²) in [7, 11) is 0. The van der Waals surface area contributed by atoms with Crippen LogP contribution in [0.1, 0.15) is 13.3 Å². The highest BCUT2D eigenvalue weighted by Crippen LogP contribution is 2.34. The highest BCUT2D eigenvalue weighted by atomic mass is 32.2. The van der Waals surface area contributed by atoms with E-state index >= 15 is 0 Å². The van der Waals surface area contributed by atoms with E-state index in [9.17, 15) is 4.79 Å². The average Bonchev–Trinajstić information content (AvgIpc) is 2.37. The van der Waals surface area contributed by atoms with Gasteiger partial charge in [0.25, 0.3) is 0 Å². The van der Waals surface area contributed by atoms with E-state index in [0.29, 0.717) is 13.0 Å². The van der Waals surface area contributed by atoms with Crippen LogP contribution in [0.3, 0.4) is 0 Å². The van der Waals surface area contributed by atoms with Gasteiger partial charge in [-0.25, -0.2) is 0 Å². The van der Waals surface area contributed by atoms with Crippen LogP contribution in [0.2, 0.25) is 0 Å². The third-order valence-electron chi connectivity index (χ3n) is 2.96. The maximum atomic E-state index is 12.2. The first-order chi connectivity index (χ1) is 8.22. The maximum absolute atomic E-state index is 12.2. The number of rotatable bonds is 3. The molecule has 0 radical (unpaired) electrons. The van der Waals surface area contributed by atoms with Gasteiger partial charge in [0, 0.05) is 23.6 Å². The minimum atomic E-state index is 0.190. The van der Waals surface area contributed by atoms with E-state index in [1.54, 1.807) is 0 Å². The Kier molecular flexibility index (Phi) is 4.07. The van der Waals surface area contributed by atoms with Crippen molar-refractivity contribution in [2.75, 3.05) is 23.7 Å². The monoisotopic (exact) mass is 250 g/mol. The molecule has 1 heterocycles. The van der Waals surface area contributed by atoms with Crippen LogP contribution in [-0.2, 0) is 4.79 Å². The van der Waals surface area contributed by atoms with Gasteiger partial charge in [-0.3, -0.25) is 4.79 Å². The first-order valence-electron chi connectivity index (χ1n) is 5.94. The molecule has 0 aliphatic carbocycles. The maximum Gasteiger partial charge on any atom is 0.227 e. The Bertz CT molecular complexity index is 408. The number of amides is 1. The number of carbonyl (C=O) groups is 1. The van der Waals surface area contributed by atoms with Crippen LogP contribution in [0, 0.1) is 5.92 Å². The lowest BCUT2D eigenvalue weighted by atomic mass is 10.1. The third-order valence-corrected chi connectivity index (χ3v) is 4.00. The molecule has 2 rings (SSSR count). The molecular formula is C13H18N2OS. The van der Waals surface area contributed by atoms with Crippen molar-refractivity contribution in [3.63, 3.8) is 0 Å². The van der Waals surface area contributed by atoms with Crippen LogP contribution >= 0.6 is 11.8 Å². The second-order valence-electron chi connectivity index (χ2n) is 4.41. The smallest absolute Gasteiger partial charge is 0.227 e. The standard InChI is InChI=1S/C13H18N2OS/c1-10(9-14)8-13(16)15-6-7-17-12-5-3-2-4-11(12)15/h2-5,10H,6-9,14H2,1H3. The number of hydrogen-bond acceptors (Lipinski definition) is 3. The highest BCUT2D eigenvalue weighted by molar-refractivity contribution is 7.99. The number of para-hydroxylation sites is 1. The molecular weight excluding hydrogens is 232 g/mol. The van der Waals surface area contributed by atoms with E-state index < -0.39 is 0 Å². The van der Waals surface area contributed by atoms with Crippen molar-refractivity contribution < 1.29 is 4.79 Å². The Balaban J connectivity index is 2.15. The molecule has 1 aliphatic rings. The summed E-state index contributed by atoms with van der Waals surface area (Å²) in [6.45, 7) is 3.39. The van der Waals surface area contributed by atoms with Crippen LogP contribution in [0.25, 0.3) is 0 Å². The van der Waals surface area contributed by atoms with Gasteiger partial charge >= 0.3 is 0 Å². The van der Waals surface area contributed by atoms with Gasteiger partial charge in [0.15, 0.2) is 0 Å². The summed E-state index contributed by atoms with van der Waals surface area (Å²) in [5, 5.41) is 0. The van der Waals surface area contributed by atoms with Crippen LogP contribution in [0.15, 0.2) is 29.2 Å². The number of nitrogens with zero attached hydrogens (tertiary/aromatic N) is 1. The van der Waals surface area contributed by atoms with Gasteiger partial charge in [-0.15, -0.1) is 11.8 Å². The van der Waals surface area contributed by atoms with E-state index in [-0.39, 0.29) is 11.8 Å². The van der Waals surface area contributed by atoms with Crippen molar-refractivity contribution in [2.45, 2.75) is 18.2 Å². The van der Waals surface area contributed by atoms with Gasteiger partial charge in [0.2, 0.25) is 5.91 Å². The SMILES string of the molecule is CC(CN)CC(=O)N1CCSc2ccccc21. The van der Waals surface area contributed by atoms with Gasteiger partial charge in [-0.05, 0) is 24.6 Å². The fourth-order valence-electron chi connectivity index (χ4n) is 1.92. The molecule has 1 unspecified atom stereocenters. The molecule has 1 amide bonds. The quantitative estimate of drug-likeness (QED) is 0.893. The van der Waals surface area contributed by atoms with Crippen molar-refractivity contribution in [2.24, 2.45) is 11.7 Å². The molecule has 3 nitrogen and oxygen atoms in total. The molecule has 1 aromatic carbocycles. The number of thioether (sulfide) groups is 1. The highest BCUT2D eigenvalue weighted by Gasteiger charge is 2.23. The summed E-state index contributed by atoms with van der Waals surface area (Å²) >= 11 is 1.82. The second-order valence-corrected chi connectivity index (χ2v) is 5.54. The number of anilines is 1. The minimum absolute atomic E-state index is 0.190. The summed E-state index contributed by atoms with van der Waals surface area (Å²) in [4.78, 5) is 15.3. The largest absolute Gasteiger partial charge is 0.330 e. The summed E-state index contributed by atoms with van der Waals surface area (Å²) in [5.41, 5.74) is 6.62. The number of carbonyl (C=O) groups excluding carboxylic acids is 1. The van der Waals surface area contributed by atoms with Gasteiger partial charge in [-0.1, -0.05) is 19.1 Å². The van der Waals surface area contributed by atoms with Crippen LogP contribution in [-0.4, -0.2) is 24.7 Å². The van der Waals surface area contributed by atoms with E-state index in [4.69, 9.17) is 5.73 Å². The zero-order valence-electron chi connectivity index (χ0n) is 10.1. The molecule has 0 saturated heterocycles. The molecule has 1 atom stereocenters. The molecule has 0 bridgehead atoms. The average molecular weight is 250 g/mol. The van der Waals surface area contributed by atoms with Crippen molar-refractivity contribution in [3.05, 3.63) is 24.3 Å². The van der Waals surface area contributed by atoms with Crippen molar-refractivity contribution in [3.8, 4) is 0 Å². The fraction of sp³-hybridized carbons (Fsp3) is 0.462. The Morgan fingerprint density at radius 2 is 2.29 bits per heavy atom.